The van der Waals surface area contributed by atoms with Crippen LogP contribution in [-0.4, -0.2) is 41.4 Å². The highest BCUT2D eigenvalue weighted by molar-refractivity contribution is 5.79. The van der Waals surface area contributed by atoms with E-state index in [0.29, 0.717) is 11.8 Å². The van der Waals surface area contributed by atoms with Crippen LogP contribution in [0.2, 0.25) is 0 Å². The fourth-order valence-electron chi connectivity index (χ4n) is 4.63. The zero-order chi connectivity index (χ0) is 12.1. The maximum Gasteiger partial charge on any atom is 0.227 e. The Bertz CT molecular complexity index is 403. The summed E-state index contributed by atoms with van der Waals surface area (Å²) in [6.45, 7) is 3.50. The van der Waals surface area contributed by atoms with Crippen LogP contribution in [0.1, 0.15) is 38.5 Å². The minimum atomic E-state index is 0.381. The smallest absolute Gasteiger partial charge is 0.227 e. The molecule has 4 aliphatic rings. The lowest BCUT2D eigenvalue weighted by Crippen LogP contribution is -2.59. The summed E-state index contributed by atoms with van der Waals surface area (Å²) in [5.41, 5.74) is 1.37. The van der Waals surface area contributed by atoms with Crippen molar-refractivity contribution in [2.24, 2.45) is 11.8 Å². The maximum absolute atomic E-state index is 12.1. The summed E-state index contributed by atoms with van der Waals surface area (Å²) in [7, 11) is 0. The molecule has 4 aliphatic heterocycles. The Morgan fingerprint density at radius 1 is 1.22 bits per heavy atom. The third-order valence-corrected chi connectivity index (χ3v) is 5.41. The summed E-state index contributed by atoms with van der Waals surface area (Å²) in [6, 6.07) is 0.770. The number of carbonyl (C=O) groups excluding carboxylic acids is 1. The lowest BCUT2D eigenvalue weighted by atomic mass is 9.74. The Labute approximate surface area is 109 Å². The van der Waals surface area contributed by atoms with Crippen LogP contribution in [-0.2, 0) is 4.79 Å². The van der Waals surface area contributed by atoms with Crippen molar-refractivity contribution in [3.05, 3.63) is 11.8 Å². The predicted octanol–water partition coefficient (Wildman–Crippen LogP) is 2.00. The van der Waals surface area contributed by atoms with Gasteiger partial charge in [-0.05, 0) is 38.1 Å². The van der Waals surface area contributed by atoms with E-state index in [2.05, 4.69) is 15.9 Å². The fourth-order valence-corrected chi connectivity index (χ4v) is 4.63. The van der Waals surface area contributed by atoms with Gasteiger partial charge in [0.1, 0.15) is 0 Å². The lowest BCUT2D eigenvalue weighted by Gasteiger charge is -2.54. The molecule has 0 aliphatic carbocycles. The highest BCUT2D eigenvalue weighted by Crippen LogP contribution is 2.43. The first-order valence-corrected chi connectivity index (χ1v) is 7.57. The third kappa shape index (κ3) is 1.56. The second-order valence-corrected chi connectivity index (χ2v) is 6.42. The molecule has 0 unspecified atom stereocenters. The molecule has 0 spiro atoms. The van der Waals surface area contributed by atoms with Gasteiger partial charge in [-0.15, -0.1) is 0 Å². The van der Waals surface area contributed by atoms with Crippen molar-refractivity contribution < 1.29 is 4.79 Å². The third-order valence-electron chi connectivity index (χ3n) is 5.41. The molecule has 3 fully saturated rings. The van der Waals surface area contributed by atoms with Crippen LogP contribution >= 0.6 is 0 Å². The molecule has 3 saturated heterocycles. The summed E-state index contributed by atoms with van der Waals surface area (Å²) in [5.74, 6) is 1.76. The van der Waals surface area contributed by atoms with Crippen molar-refractivity contribution in [1.82, 2.24) is 9.80 Å². The Morgan fingerprint density at radius 2 is 2.17 bits per heavy atom. The Kier molecular flexibility index (Phi) is 2.51. The molecule has 0 aromatic rings. The molecular weight excluding hydrogens is 224 g/mol. The minimum Gasteiger partial charge on any atom is -0.316 e. The fraction of sp³-hybridized carbons (Fsp3) is 0.800. The molecule has 0 radical (unpaired) electrons. The van der Waals surface area contributed by atoms with Gasteiger partial charge in [0.2, 0.25) is 5.91 Å². The van der Waals surface area contributed by atoms with E-state index in [1.807, 2.05) is 0 Å². The van der Waals surface area contributed by atoms with Crippen molar-refractivity contribution >= 4 is 5.91 Å². The number of nitrogens with zero attached hydrogens (tertiary/aromatic N) is 2. The summed E-state index contributed by atoms with van der Waals surface area (Å²) in [5, 5.41) is 0. The summed E-state index contributed by atoms with van der Waals surface area (Å²) in [6.07, 6.45) is 9.49. The molecule has 0 aromatic carbocycles. The van der Waals surface area contributed by atoms with E-state index in [1.165, 1.54) is 44.5 Å². The van der Waals surface area contributed by atoms with Gasteiger partial charge in [0.15, 0.2) is 0 Å². The quantitative estimate of drug-likeness (QED) is 0.652. The second-order valence-electron chi connectivity index (χ2n) is 6.42. The van der Waals surface area contributed by atoms with E-state index in [4.69, 9.17) is 0 Å². The van der Waals surface area contributed by atoms with Crippen LogP contribution in [0.5, 0.6) is 0 Å². The average molecular weight is 246 g/mol. The molecule has 3 heteroatoms. The second kappa shape index (κ2) is 4.09. The first kappa shape index (κ1) is 11.0. The summed E-state index contributed by atoms with van der Waals surface area (Å²) >= 11 is 0. The zero-order valence-corrected chi connectivity index (χ0v) is 11.0. The van der Waals surface area contributed by atoms with Crippen LogP contribution < -0.4 is 0 Å². The SMILES string of the molecule is O=C1CCC=C2[C@@H]3C[C@H](CN12)[C@H]1CCCCN1C3. The normalized spacial score (nSPS) is 40.0. The zero-order valence-electron chi connectivity index (χ0n) is 11.0. The van der Waals surface area contributed by atoms with E-state index in [-0.39, 0.29) is 0 Å². The van der Waals surface area contributed by atoms with Gasteiger partial charge in [-0.2, -0.15) is 0 Å². The first-order valence-electron chi connectivity index (χ1n) is 7.57. The van der Waals surface area contributed by atoms with Crippen molar-refractivity contribution in [2.45, 2.75) is 44.6 Å². The van der Waals surface area contributed by atoms with Gasteiger partial charge in [0.25, 0.3) is 0 Å². The van der Waals surface area contributed by atoms with Crippen LogP contribution in [0, 0.1) is 11.8 Å². The molecule has 2 bridgehead atoms. The molecule has 3 nitrogen and oxygen atoms in total. The number of carbonyl (C=O) groups is 1. The molecule has 4 rings (SSSR count). The molecule has 3 atom stereocenters. The van der Waals surface area contributed by atoms with Crippen LogP contribution in [0.3, 0.4) is 0 Å². The number of fused-ring (bicyclic) bond motifs is 6. The van der Waals surface area contributed by atoms with Gasteiger partial charge in [-0.1, -0.05) is 12.5 Å². The van der Waals surface area contributed by atoms with E-state index in [1.54, 1.807) is 0 Å². The Balaban J connectivity index is 1.65. The number of allylic oxidation sites excluding steroid dienone is 1. The number of hydrogen-bond acceptors (Lipinski definition) is 2. The van der Waals surface area contributed by atoms with E-state index in [0.717, 1.165) is 31.3 Å². The van der Waals surface area contributed by atoms with E-state index in [9.17, 15) is 4.79 Å². The molecule has 4 heterocycles. The Hall–Kier alpha value is -0.830. The van der Waals surface area contributed by atoms with Gasteiger partial charge >= 0.3 is 0 Å². The predicted molar refractivity (Wildman–Crippen MR) is 69.8 cm³/mol. The van der Waals surface area contributed by atoms with Gasteiger partial charge in [-0.3, -0.25) is 9.69 Å². The largest absolute Gasteiger partial charge is 0.316 e. The average Bonchev–Trinajstić information content (AvgIpc) is 2.40. The van der Waals surface area contributed by atoms with Crippen LogP contribution in [0.25, 0.3) is 0 Å². The van der Waals surface area contributed by atoms with Crippen LogP contribution in [0.4, 0.5) is 0 Å². The summed E-state index contributed by atoms with van der Waals surface area (Å²) in [4.78, 5) is 16.9. The number of hydrogen-bond donors (Lipinski definition) is 0. The number of rotatable bonds is 0. The standard InChI is InChI=1S/C15H22N2O/c18-15-6-3-5-14-11-8-12(10-17(14)15)13-4-1-2-7-16(13)9-11/h5,11-13H,1-4,6-10H2/t11-,12-,13-/m1/s1. The highest BCUT2D eigenvalue weighted by Gasteiger charge is 2.45. The van der Waals surface area contributed by atoms with E-state index < -0.39 is 0 Å². The molecule has 0 N–H and O–H groups in total. The van der Waals surface area contributed by atoms with Crippen LogP contribution in [0.15, 0.2) is 11.8 Å². The minimum absolute atomic E-state index is 0.381. The van der Waals surface area contributed by atoms with Crippen molar-refractivity contribution in [2.75, 3.05) is 19.6 Å². The Morgan fingerprint density at radius 3 is 3.11 bits per heavy atom. The number of amides is 1. The van der Waals surface area contributed by atoms with Crippen molar-refractivity contribution in [3.63, 3.8) is 0 Å². The molecular formula is C15H22N2O. The molecule has 1 amide bonds. The monoisotopic (exact) mass is 246 g/mol. The molecule has 18 heavy (non-hydrogen) atoms. The molecule has 0 saturated carbocycles. The lowest BCUT2D eigenvalue weighted by molar-refractivity contribution is -0.134. The van der Waals surface area contributed by atoms with E-state index >= 15 is 0 Å². The molecule has 98 valence electrons. The van der Waals surface area contributed by atoms with Gasteiger partial charge in [0.05, 0.1) is 0 Å². The van der Waals surface area contributed by atoms with Crippen molar-refractivity contribution in [3.8, 4) is 0 Å². The highest BCUT2D eigenvalue weighted by atomic mass is 16.2. The first-order chi connectivity index (χ1) is 8.83. The summed E-state index contributed by atoms with van der Waals surface area (Å²) < 4.78 is 0. The van der Waals surface area contributed by atoms with Gasteiger partial charge in [0, 0.05) is 37.2 Å². The topological polar surface area (TPSA) is 23.6 Å². The van der Waals surface area contributed by atoms with Gasteiger partial charge < -0.3 is 4.90 Å². The van der Waals surface area contributed by atoms with Gasteiger partial charge in [-0.25, -0.2) is 0 Å². The maximum atomic E-state index is 12.1. The number of piperidine rings is 3. The van der Waals surface area contributed by atoms with Crippen molar-refractivity contribution in [1.29, 1.82) is 0 Å². The molecule has 0 aromatic heterocycles.